The van der Waals surface area contributed by atoms with Gasteiger partial charge in [-0.05, 0) is 25.7 Å². The van der Waals surface area contributed by atoms with Gasteiger partial charge in [-0.1, -0.05) is 13.8 Å². The van der Waals surface area contributed by atoms with Crippen LogP contribution in [-0.4, -0.2) is 45.5 Å². The molecule has 18 heavy (non-hydrogen) atoms. The minimum Gasteiger partial charge on any atom is -0.479 e. The second kappa shape index (κ2) is 4.35. The van der Waals surface area contributed by atoms with Gasteiger partial charge in [0, 0.05) is 0 Å². The number of morpholine rings is 1. The number of carboxylic acids is 1. The minimum atomic E-state index is -1.43. The highest BCUT2D eigenvalue weighted by Gasteiger charge is 2.56. The van der Waals surface area contributed by atoms with Crippen molar-refractivity contribution < 1.29 is 24.2 Å². The number of aliphatic carboxylic acids is 1. The third-order valence-corrected chi connectivity index (χ3v) is 4.01. The number of likely N-dealkylation sites (tertiary alicyclic amines) is 1. The van der Waals surface area contributed by atoms with Gasteiger partial charge in [0.1, 0.15) is 17.7 Å². The first-order valence-corrected chi connectivity index (χ1v) is 6.24. The molecule has 2 rings (SSSR count). The highest BCUT2D eigenvalue weighted by molar-refractivity contribution is 6.06. The Balaban J connectivity index is 2.44. The number of nitrogens with zero attached hydrogens (tertiary/aromatic N) is 1. The van der Waals surface area contributed by atoms with E-state index in [1.807, 2.05) is 0 Å². The van der Waals surface area contributed by atoms with Gasteiger partial charge in [0.25, 0.3) is 11.8 Å². The van der Waals surface area contributed by atoms with E-state index in [0.29, 0.717) is 12.8 Å². The molecule has 0 radical (unpaired) electrons. The Morgan fingerprint density at radius 1 is 1.28 bits per heavy atom. The van der Waals surface area contributed by atoms with Crippen LogP contribution in [-0.2, 0) is 19.1 Å². The zero-order valence-electron chi connectivity index (χ0n) is 10.5. The molecule has 0 aromatic carbocycles. The summed E-state index contributed by atoms with van der Waals surface area (Å²) in [7, 11) is 0. The zero-order chi connectivity index (χ0) is 13.5. The van der Waals surface area contributed by atoms with Gasteiger partial charge in [-0.2, -0.15) is 0 Å². The van der Waals surface area contributed by atoms with Gasteiger partial charge < -0.3 is 9.84 Å². The molecule has 0 aromatic rings. The van der Waals surface area contributed by atoms with Crippen molar-refractivity contribution in [2.45, 2.75) is 57.3 Å². The van der Waals surface area contributed by atoms with Gasteiger partial charge in [-0.25, -0.2) is 4.79 Å². The number of carbonyl (C=O) groups excluding carboxylic acids is 2. The van der Waals surface area contributed by atoms with Crippen LogP contribution in [0.3, 0.4) is 0 Å². The number of ether oxygens (including phenoxy) is 1. The third-order valence-electron chi connectivity index (χ3n) is 4.01. The van der Waals surface area contributed by atoms with Gasteiger partial charge in [0.15, 0.2) is 0 Å². The highest BCUT2D eigenvalue weighted by Crippen LogP contribution is 2.35. The molecule has 6 nitrogen and oxygen atoms in total. The average Bonchev–Trinajstić information content (AvgIpc) is 2.79. The van der Waals surface area contributed by atoms with Crippen molar-refractivity contribution in [3.63, 3.8) is 0 Å². The minimum absolute atomic E-state index is 0.204. The second-order valence-corrected chi connectivity index (χ2v) is 4.75. The molecule has 0 aromatic heterocycles. The number of fused-ring (bicyclic) bond motifs is 2. The van der Waals surface area contributed by atoms with Gasteiger partial charge in [0.05, 0.1) is 0 Å². The van der Waals surface area contributed by atoms with E-state index >= 15 is 0 Å². The van der Waals surface area contributed by atoms with Gasteiger partial charge in [-0.3, -0.25) is 14.5 Å². The lowest BCUT2D eigenvalue weighted by atomic mass is 9.89. The first-order valence-electron chi connectivity index (χ1n) is 6.24. The normalized spacial score (nSPS) is 27.8. The summed E-state index contributed by atoms with van der Waals surface area (Å²) in [5.74, 6) is -2.13. The SMILES string of the molecule is CCC(CC)(C(=O)O)N1C(=O)C2CCC(O2)C1=O. The second-order valence-electron chi connectivity index (χ2n) is 4.75. The quantitative estimate of drug-likeness (QED) is 0.741. The van der Waals surface area contributed by atoms with Crippen molar-refractivity contribution in [2.75, 3.05) is 0 Å². The smallest absolute Gasteiger partial charge is 0.330 e. The molecule has 0 aliphatic carbocycles. The van der Waals surface area contributed by atoms with E-state index in [-0.39, 0.29) is 12.8 Å². The fraction of sp³-hybridized carbons (Fsp3) is 0.750. The lowest BCUT2D eigenvalue weighted by Gasteiger charge is -2.41. The molecule has 2 aliphatic heterocycles. The van der Waals surface area contributed by atoms with E-state index in [4.69, 9.17) is 4.74 Å². The molecule has 2 atom stereocenters. The van der Waals surface area contributed by atoms with Crippen molar-refractivity contribution in [1.82, 2.24) is 4.90 Å². The maximum atomic E-state index is 12.2. The van der Waals surface area contributed by atoms with Gasteiger partial charge >= 0.3 is 5.97 Å². The average molecular weight is 255 g/mol. The maximum absolute atomic E-state index is 12.2. The molecule has 2 aliphatic rings. The van der Waals surface area contributed by atoms with E-state index in [1.165, 1.54) is 0 Å². The standard InChI is InChI=1S/C12H17NO5/c1-3-12(4-2,11(16)17)13-9(14)7-5-6-8(18-7)10(13)15/h7-8H,3-6H2,1-2H3,(H,16,17). The molecule has 2 amide bonds. The van der Waals surface area contributed by atoms with Crippen LogP contribution in [0.25, 0.3) is 0 Å². The molecule has 2 saturated heterocycles. The lowest BCUT2D eigenvalue weighted by Crippen LogP contribution is -2.65. The number of rotatable bonds is 4. The van der Waals surface area contributed by atoms with Crippen LogP contribution in [0.4, 0.5) is 0 Å². The summed E-state index contributed by atoms with van der Waals surface area (Å²) in [5.41, 5.74) is -1.43. The van der Waals surface area contributed by atoms with Crippen LogP contribution in [0.15, 0.2) is 0 Å². The molecule has 0 spiro atoms. The van der Waals surface area contributed by atoms with Crippen molar-refractivity contribution in [3.05, 3.63) is 0 Å². The molecule has 2 bridgehead atoms. The third kappa shape index (κ3) is 1.55. The summed E-state index contributed by atoms with van der Waals surface area (Å²) in [5, 5.41) is 9.42. The number of hydrogen-bond acceptors (Lipinski definition) is 4. The van der Waals surface area contributed by atoms with Crippen molar-refractivity contribution >= 4 is 17.8 Å². The summed E-state index contributed by atoms with van der Waals surface area (Å²) in [6, 6.07) is 0. The molecule has 2 heterocycles. The van der Waals surface area contributed by atoms with E-state index in [0.717, 1.165) is 4.90 Å². The van der Waals surface area contributed by atoms with E-state index in [2.05, 4.69) is 0 Å². The van der Waals surface area contributed by atoms with Crippen LogP contribution in [0.2, 0.25) is 0 Å². The molecule has 6 heteroatoms. The van der Waals surface area contributed by atoms with E-state index in [9.17, 15) is 19.5 Å². The molecule has 1 N–H and O–H groups in total. The van der Waals surface area contributed by atoms with E-state index < -0.39 is 35.5 Å². The highest BCUT2D eigenvalue weighted by atomic mass is 16.5. The Morgan fingerprint density at radius 3 is 2.06 bits per heavy atom. The fourth-order valence-electron chi connectivity index (χ4n) is 2.78. The van der Waals surface area contributed by atoms with Crippen LogP contribution in [0.5, 0.6) is 0 Å². The molecular weight excluding hydrogens is 238 g/mol. The van der Waals surface area contributed by atoms with Crippen molar-refractivity contribution in [2.24, 2.45) is 0 Å². The Kier molecular flexibility index (Phi) is 3.14. The van der Waals surface area contributed by atoms with Crippen LogP contribution >= 0.6 is 0 Å². The van der Waals surface area contributed by atoms with Crippen molar-refractivity contribution in [3.8, 4) is 0 Å². The molecule has 100 valence electrons. The summed E-state index contributed by atoms with van der Waals surface area (Å²) in [6.07, 6.45) is 0.101. The number of carboxylic acid groups (broad SMARTS) is 1. The first kappa shape index (κ1) is 13.0. The predicted octanol–water partition coefficient (Wildman–Crippen LogP) is 0.546. The lowest BCUT2D eigenvalue weighted by molar-refractivity contribution is -0.184. The van der Waals surface area contributed by atoms with Crippen LogP contribution in [0, 0.1) is 0 Å². The summed E-state index contributed by atoms with van der Waals surface area (Å²) < 4.78 is 5.28. The van der Waals surface area contributed by atoms with Gasteiger partial charge in [-0.15, -0.1) is 0 Å². The summed E-state index contributed by atoms with van der Waals surface area (Å²) >= 11 is 0. The van der Waals surface area contributed by atoms with Crippen molar-refractivity contribution in [1.29, 1.82) is 0 Å². The van der Waals surface area contributed by atoms with E-state index in [1.54, 1.807) is 13.8 Å². The Labute approximate surface area is 105 Å². The maximum Gasteiger partial charge on any atom is 0.330 e. The molecular formula is C12H17NO5. The summed E-state index contributed by atoms with van der Waals surface area (Å²) in [4.78, 5) is 36.8. The largest absolute Gasteiger partial charge is 0.479 e. The number of imide groups is 1. The predicted molar refractivity (Wildman–Crippen MR) is 60.7 cm³/mol. The monoisotopic (exact) mass is 255 g/mol. The Bertz CT molecular complexity index is 379. The van der Waals surface area contributed by atoms with Crippen LogP contribution in [0.1, 0.15) is 39.5 Å². The Hall–Kier alpha value is -1.43. The molecule has 2 unspecified atom stereocenters. The number of carbonyl (C=O) groups is 3. The Morgan fingerprint density at radius 2 is 1.72 bits per heavy atom. The van der Waals surface area contributed by atoms with Crippen LogP contribution < -0.4 is 0 Å². The number of hydrogen-bond donors (Lipinski definition) is 1. The fourth-order valence-corrected chi connectivity index (χ4v) is 2.78. The van der Waals surface area contributed by atoms with Gasteiger partial charge in [0.2, 0.25) is 0 Å². The molecule has 0 saturated carbocycles. The molecule has 2 fully saturated rings. The topological polar surface area (TPSA) is 83.9 Å². The number of amides is 2. The summed E-state index contributed by atoms with van der Waals surface area (Å²) in [6.45, 7) is 3.35. The zero-order valence-corrected chi connectivity index (χ0v) is 10.5. The first-order chi connectivity index (χ1) is 8.47.